The van der Waals surface area contributed by atoms with E-state index in [9.17, 15) is 9.90 Å². The molecule has 4 heteroatoms. The van der Waals surface area contributed by atoms with Crippen LogP contribution in [0.25, 0.3) is 0 Å². The number of aliphatic carboxylic acids is 1. The van der Waals surface area contributed by atoms with Gasteiger partial charge in [0.05, 0.1) is 0 Å². The molecule has 0 saturated heterocycles. The summed E-state index contributed by atoms with van der Waals surface area (Å²) in [5, 5.41) is 18.9. The summed E-state index contributed by atoms with van der Waals surface area (Å²) in [6.45, 7) is 0.326. The molecule has 0 radical (unpaired) electrons. The molecule has 0 aliphatic rings. The molecule has 0 bridgehead atoms. The van der Waals surface area contributed by atoms with Crippen LogP contribution >= 0.6 is 0 Å². The van der Waals surface area contributed by atoms with E-state index in [0.717, 1.165) is 32.1 Å². The largest absolute Gasteiger partial charge is 1.00 e. The molecule has 124 valence electrons. The van der Waals surface area contributed by atoms with Crippen molar-refractivity contribution in [2.75, 3.05) is 6.61 Å². The van der Waals surface area contributed by atoms with E-state index >= 15 is 0 Å². The molecule has 0 amide bonds. The van der Waals surface area contributed by atoms with Crippen LogP contribution in [0.1, 0.15) is 89.9 Å². The van der Waals surface area contributed by atoms with Crippen LogP contribution in [0.15, 0.2) is 12.2 Å². The minimum atomic E-state index is -0.921. The Morgan fingerprint density at radius 3 is 1.59 bits per heavy atom. The van der Waals surface area contributed by atoms with E-state index in [4.69, 9.17) is 5.11 Å². The van der Waals surface area contributed by atoms with Gasteiger partial charge in [-0.3, -0.25) is 0 Å². The van der Waals surface area contributed by atoms with Gasteiger partial charge in [0, 0.05) is 12.6 Å². The third kappa shape index (κ3) is 22.5. The molecular formula is C18H33NaO3. The molecule has 0 rings (SSSR count). The number of hydrogen-bond acceptors (Lipinski definition) is 3. The Bertz CT molecular complexity index is 255. The van der Waals surface area contributed by atoms with Crippen LogP contribution in [0.4, 0.5) is 0 Å². The van der Waals surface area contributed by atoms with E-state index in [0.29, 0.717) is 6.61 Å². The van der Waals surface area contributed by atoms with Crippen molar-refractivity contribution in [3.05, 3.63) is 12.2 Å². The Kier molecular flexibility index (Phi) is 23.5. The van der Waals surface area contributed by atoms with Crippen LogP contribution in [0.2, 0.25) is 0 Å². The zero-order valence-electron chi connectivity index (χ0n) is 14.5. The average Bonchev–Trinajstić information content (AvgIpc) is 2.46. The molecule has 22 heavy (non-hydrogen) atoms. The van der Waals surface area contributed by atoms with Gasteiger partial charge in [-0.15, -0.1) is 0 Å². The summed E-state index contributed by atoms with van der Waals surface area (Å²) < 4.78 is 0. The first-order chi connectivity index (χ1) is 10.3. The van der Waals surface area contributed by atoms with Crippen molar-refractivity contribution in [1.82, 2.24) is 0 Å². The Morgan fingerprint density at radius 1 is 0.727 bits per heavy atom. The summed E-state index contributed by atoms with van der Waals surface area (Å²) in [5.74, 6) is -0.921. The van der Waals surface area contributed by atoms with E-state index < -0.39 is 5.97 Å². The summed E-state index contributed by atoms with van der Waals surface area (Å²) in [5.41, 5.74) is 0. The fourth-order valence-electron chi connectivity index (χ4n) is 2.38. The summed E-state index contributed by atoms with van der Waals surface area (Å²) in [6, 6.07) is 0. The molecule has 0 aromatic heterocycles. The molecule has 3 nitrogen and oxygen atoms in total. The molecule has 0 unspecified atom stereocenters. The van der Waals surface area contributed by atoms with Crippen LogP contribution in [-0.4, -0.2) is 17.7 Å². The Labute approximate surface area is 158 Å². The number of hydrogen-bond donors (Lipinski definition) is 1. The summed E-state index contributed by atoms with van der Waals surface area (Å²) in [7, 11) is 0. The maximum Gasteiger partial charge on any atom is 1.00 e. The second-order valence-corrected chi connectivity index (χ2v) is 5.78. The summed E-state index contributed by atoms with van der Waals surface area (Å²) in [6.07, 6.45) is 19.7. The van der Waals surface area contributed by atoms with Crippen LogP contribution in [0, 0.1) is 0 Å². The molecule has 0 aromatic carbocycles. The average molecular weight is 320 g/mol. The SMILES string of the molecule is O=C([O-])CCCCCCCCC/C=C/CCCCCCO.[Na+]. The number of aliphatic hydroxyl groups is 1. The van der Waals surface area contributed by atoms with Gasteiger partial charge in [0.15, 0.2) is 0 Å². The number of allylic oxidation sites excluding steroid dienone is 2. The first kappa shape index (κ1) is 24.4. The topological polar surface area (TPSA) is 60.4 Å². The summed E-state index contributed by atoms with van der Waals surface area (Å²) in [4.78, 5) is 10.2. The van der Waals surface area contributed by atoms with Gasteiger partial charge in [-0.1, -0.05) is 57.1 Å². The second kappa shape index (κ2) is 21.2. The van der Waals surface area contributed by atoms with Gasteiger partial charge in [0.2, 0.25) is 0 Å². The number of carboxylic acid groups (broad SMARTS) is 1. The predicted molar refractivity (Wildman–Crippen MR) is 85.9 cm³/mol. The first-order valence-electron chi connectivity index (χ1n) is 8.73. The molecular weight excluding hydrogens is 287 g/mol. The van der Waals surface area contributed by atoms with Crippen molar-refractivity contribution < 1.29 is 44.6 Å². The van der Waals surface area contributed by atoms with Crippen molar-refractivity contribution in [3.63, 3.8) is 0 Å². The molecule has 0 atom stereocenters. The number of rotatable bonds is 16. The van der Waals surface area contributed by atoms with Crippen LogP contribution in [0.5, 0.6) is 0 Å². The van der Waals surface area contributed by atoms with Gasteiger partial charge in [-0.25, -0.2) is 0 Å². The zero-order chi connectivity index (χ0) is 15.6. The molecule has 1 N–H and O–H groups in total. The molecule has 0 saturated carbocycles. The van der Waals surface area contributed by atoms with Crippen LogP contribution < -0.4 is 34.7 Å². The van der Waals surface area contributed by atoms with Gasteiger partial charge in [0.1, 0.15) is 0 Å². The molecule has 0 aliphatic carbocycles. The quantitative estimate of drug-likeness (QED) is 0.259. The predicted octanol–water partition coefficient (Wildman–Crippen LogP) is 0.750. The molecule has 0 fully saturated rings. The third-order valence-corrected chi connectivity index (χ3v) is 3.70. The van der Waals surface area contributed by atoms with Crippen LogP contribution in [0.3, 0.4) is 0 Å². The molecule has 0 heterocycles. The summed E-state index contributed by atoms with van der Waals surface area (Å²) >= 11 is 0. The van der Waals surface area contributed by atoms with Gasteiger partial charge in [0.25, 0.3) is 0 Å². The van der Waals surface area contributed by atoms with E-state index in [-0.39, 0.29) is 36.0 Å². The van der Waals surface area contributed by atoms with Crippen molar-refractivity contribution in [3.8, 4) is 0 Å². The number of unbranched alkanes of at least 4 members (excludes halogenated alkanes) is 11. The van der Waals surface area contributed by atoms with Gasteiger partial charge < -0.3 is 15.0 Å². The maximum absolute atomic E-state index is 10.2. The van der Waals surface area contributed by atoms with E-state index in [1.165, 1.54) is 51.4 Å². The van der Waals surface area contributed by atoms with Gasteiger partial charge in [-0.2, -0.15) is 0 Å². The smallest absolute Gasteiger partial charge is 0.550 e. The van der Waals surface area contributed by atoms with Crippen molar-refractivity contribution >= 4 is 5.97 Å². The number of carbonyl (C=O) groups is 1. The van der Waals surface area contributed by atoms with E-state index in [2.05, 4.69) is 12.2 Å². The van der Waals surface area contributed by atoms with E-state index in [1.807, 2.05) is 0 Å². The second-order valence-electron chi connectivity index (χ2n) is 5.78. The normalized spacial score (nSPS) is 10.8. The molecule has 0 aromatic rings. The Hall–Kier alpha value is 0.170. The van der Waals surface area contributed by atoms with Crippen molar-refractivity contribution in [2.45, 2.75) is 89.9 Å². The first-order valence-corrected chi connectivity index (χ1v) is 8.73. The number of carbonyl (C=O) groups excluding carboxylic acids is 1. The van der Waals surface area contributed by atoms with Crippen LogP contribution in [-0.2, 0) is 4.79 Å². The molecule has 0 spiro atoms. The minimum Gasteiger partial charge on any atom is -0.550 e. The Morgan fingerprint density at radius 2 is 1.14 bits per heavy atom. The van der Waals surface area contributed by atoms with Gasteiger partial charge >= 0.3 is 29.6 Å². The number of aliphatic hydroxyl groups excluding tert-OH is 1. The van der Waals surface area contributed by atoms with E-state index in [1.54, 1.807) is 0 Å². The number of carboxylic acids is 1. The fourth-order valence-corrected chi connectivity index (χ4v) is 2.38. The Balaban J connectivity index is 0. The molecule has 0 aliphatic heterocycles. The maximum atomic E-state index is 10.2. The minimum absolute atomic E-state index is 0. The standard InChI is InChI=1S/C18H34O3.Na/c19-17-15-13-11-9-7-5-3-1-2-4-6-8-10-12-14-16-18(20)21;/h3,5,19H,1-2,4,6-17H2,(H,20,21);/q;+1/p-1/b5-3+;. The van der Waals surface area contributed by atoms with Gasteiger partial charge in [-0.05, 0) is 44.9 Å². The fraction of sp³-hybridized carbons (Fsp3) is 0.833. The monoisotopic (exact) mass is 320 g/mol. The van der Waals surface area contributed by atoms with Crippen molar-refractivity contribution in [2.24, 2.45) is 0 Å². The third-order valence-electron chi connectivity index (χ3n) is 3.70. The zero-order valence-corrected chi connectivity index (χ0v) is 16.5. The van der Waals surface area contributed by atoms with Crippen molar-refractivity contribution in [1.29, 1.82) is 0 Å².